The first-order valence-electron chi connectivity index (χ1n) is 8.30. The van der Waals surface area contributed by atoms with Crippen LogP contribution < -0.4 is 0 Å². The zero-order valence-electron chi connectivity index (χ0n) is 12.3. The van der Waals surface area contributed by atoms with Gasteiger partial charge in [0, 0.05) is 0 Å². The first kappa shape index (κ1) is 15.1. The minimum absolute atomic E-state index is 0.913. The van der Waals surface area contributed by atoms with E-state index in [1.54, 1.807) is 0 Å². The van der Waals surface area contributed by atoms with E-state index in [1.165, 1.54) is 83.5 Å². The van der Waals surface area contributed by atoms with E-state index < -0.39 is 0 Å². The van der Waals surface area contributed by atoms with Gasteiger partial charge in [0.15, 0.2) is 0 Å². The SMILES string of the molecule is C1CC1.CC(C)C1CCCCCCCCCC1. The van der Waals surface area contributed by atoms with Crippen LogP contribution >= 0.6 is 0 Å². The molecule has 2 saturated carbocycles. The van der Waals surface area contributed by atoms with Gasteiger partial charge in [-0.15, -0.1) is 0 Å². The van der Waals surface area contributed by atoms with E-state index in [4.69, 9.17) is 0 Å². The molecule has 0 nitrogen and oxygen atoms in total. The topological polar surface area (TPSA) is 0 Å². The minimum atomic E-state index is 0.913. The summed E-state index contributed by atoms with van der Waals surface area (Å²) < 4.78 is 0. The zero-order chi connectivity index (χ0) is 12.3. The normalized spacial score (nSPS) is 23.5. The average Bonchev–Trinajstić information content (AvgIpc) is 3.16. The fourth-order valence-corrected chi connectivity index (χ4v) is 2.68. The van der Waals surface area contributed by atoms with Gasteiger partial charge in [-0.3, -0.25) is 0 Å². The second-order valence-corrected chi connectivity index (χ2v) is 6.47. The van der Waals surface area contributed by atoms with Crippen LogP contribution in [0.15, 0.2) is 0 Å². The van der Waals surface area contributed by atoms with E-state index in [2.05, 4.69) is 13.8 Å². The van der Waals surface area contributed by atoms with Gasteiger partial charge < -0.3 is 0 Å². The van der Waals surface area contributed by atoms with Crippen molar-refractivity contribution in [2.24, 2.45) is 11.8 Å². The summed E-state index contributed by atoms with van der Waals surface area (Å²) in [7, 11) is 0. The molecule has 102 valence electrons. The van der Waals surface area contributed by atoms with Crippen molar-refractivity contribution in [3.63, 3.8) is 0 Å². The van der Waals surface area contributed by atoms with Gasteiger partial charge in [0.25, 0.3) is 0 Å². The Hall–Kier alpha value is 0. The van der Waals surface area contributed by atoms with Gasteiger partial charge in [-0.25, -0.2) is 0 Å². The standard InChI is InChI=1S/C14H28.C3H6/c1-13(2)14-11-9-7-5-3-4-6-8-10-12-14;1-2-3-1/h13-14H,3-12H2,1-2H3;1-3H2. The molecule has 0 heterocycles. The maximum atomic E-state index is 2.41. The van der Waals surface area contributed by atoms with Crippen LogP contribution in [-0.2, 0) is 0 Å². The Morgan fingerprint density at radius 2 is 0.824 bits per heavy atom. The summed E-state index contributed by atoms with van der Waals surface area (Å²) in [5.74, 6) is 1.93. The third-order valence-corrected chi connectivity index (χ3v) is 4.20. The van der Waals surface area contributed by atoms with Gasteiger partial charge in [0.1, 0.15) is 0 Å². The molecule has 0 radical (unpaired) electrons. The van der Waals surface area contributed by atoms with E-state index >= 15 is 0 Å². The summed E-state index contributed by atoms with van der Waals surface area (Å²) in [5, 5.41) is 0. The Bertz CT molecular complexity index is 143. The molecule has 17 heavy (non-hydrogen) atoms. The lowest BCUT2D eigenvalue weighted by molar-refractivity contribution is 0.317. The molecule has 2 fully saturated rings. The van der Waals surface area contributed by atoms with Crippen molar-refractivity contribution in [1.29, 1.82) is 0 Å². The van der Waals surface area contributed by atoms with Crippen LogP contribution in [0.2, 0.25) is 0 Å². The van der Waals surface area contributed by atoms with Gasteiger partial charge in [0.05, 0.1) is 0 Å². The van der Waals surface area contributed by atoms with E-state index in [1.807, 2.05) is 0 Å². The molecular formula is C17H34. The lowest BCUT2D eigenvalue weighted by atomic mass is 9.86. The minimum Gasteiger partial charge on any atom is -0.0625 e. The third kappa shape index (κ3) is 9.68. The highest BCUT2D eigenvalue weighted by Gasteiger charge is 2.12. The summed E-state index contributed by atoms with van der Waals surface area (Å²) in [5.41, 5.74) is 0. The van der Waals surface area contributed by atoms with Gasteiger partial charge in [-0.1, -0.05) is 97.3 Å². The highest BCUT2D eigenvalue weighted by Crippen LogP contribution is 2.26. The molecule has 0 aromatic carbocycles. The second-order valence-electron chi connectivity index (χ2n) is 6.47. The number of rotatable bonds is 1. The highest BCUT2D eigenvalue weighted by molar-refractivity contribution is 4.65. The van der Waals surface area contributed by atoms with Crippen LogP contribution in [0.1, 0.15) is 97.3 Å². The van der Waals surface area contributed by atoms with Crippen LogP contribution in [0.25, 0.3) is 0 Å². The molecule has 2 rings (SSSR count). The van der Waals surface area contributed by atoms with Crippen LogP contribution in [0.4, 0.5) is 0 Å². The van der Waals surface area contributed by atoms with E-state index in [-0.39, 0.29) is 0 Å². The fraction of sp³-hybridized carbons (Fsp3) is 1.00. The van der Waals surface area contributed by atoms with Crippen molar-refractivity contribution in [3.05, 3.63) is 0 Å². The molecule has 2 aliphatic carbocycles. The molecule has 0 atom stereocenters. The van der Waals surface area contributed by atoms with Crippen LogP contribution in [-0.4, -0.2) is 0 Å². The van der Waals surface area contributed by atoms with E-state index in [9.17, 15) is 0 Å². The predicted octanol–water partition coefficient (Wildman–Crippen LogP) is 6.34. The Morgan fingerprint density at radius 3 is 1.12 bits per heavy atom. The largest absolute Gasteiger partial charge is 0.0625 e. The molecule has 0 aromatic rings. The summed E-state index contributed by atoms with van der Waals surface area (Å²) in [6, 6.07) is 0. The quantitative estimate of drug-likeness (QED) is 0.500. The van der Waals surface area contributed by atoms with Crippen molar-refractivity contribution in [2.45, 2.75) is 97.3 Å². The molecule has 0 unspecified atom stereocenters. The van der Waals surface area contributed by atoms with Gasteiger partial charge in [-0.05, 0) is 11.8 Å². The van der Waals surface area contributed by atoms with Crippen molar-refractivity contribution >= 4 is 0 Å². The van der Waals surface area contributed by atoms with Gasteiger partial charge >= 0.3 is 0 Å². The van der Waals surface area contributed by atoms with Gasteiger partial charge in [-0.2, -0.15) is 0 Å². The van der Waals surface area contributed by atoms with E-state index in [0.29, 0.717) is 0 Å². The average molecular weight is 238 g/mol. The van der Waals surface area contributed by atoms with Crippen molar-refractivity contribution in [1.82, 2.24) is 0 Å². The van der Waals surface area contributed by atoms with Crippen molar-refractivity contribution in [3.8, 4) is 0 Å². The molecule has 0 saturated heterocycles. The third-order valence-electron chi connectivity index (χ3n) is 4.20. The lowest BCUT2D eigenvalue weighted by Crippen LogP contribution is -2.08. The Balaban J connectivity index is 0.000000415. The van der Waals surface area contributed by atoms with Crippen LogP contribution in [0, 0.1) is 11.8 Å². The monoisotopic (exact) mass is 238 g/mol. The summed E-state index contributed by atoms with van der Waals surface area (Å²) in [4.78, 5) is 0. The molecule has 0 aromatic heterocycles. The first-order valence-corrected chi connectivity index (χ1v) is 8.30. The molecule has 0 N–H and O–H groups in total. The highest BCUT2D eigenvalue weighted by atomic mass is 14.2. The smallest absolute Gasteiger partial charge is 0.0391 e. The fourth-order valence-electron chi connectivity index (χ4n) is 2.68. The Labute approximate surface area is 110 Å². The molecule has 0 aliphatic heterocycles. The van der Waals surface area contributed by atoms with Crippen molar-refractivity contribution in [2.75, 3.05) is 0 Å². The molecular weight excluding hydrogens is 204 g/mol. The molecule has 0 heteroatoms. The number of hydrogen-bond donors (Lipinski definition) is 0. The zero-order valence-corrected chi connectivity index (χ0v) is 12.3. The maximum Gasteiger partial charge on any atom is -0.0391 e. The van der Waals surface area contributed by atoms with Crippen LogP contribution in [0.5, 0.6) is 0 Å². The summed E-state index contributed by atoms with van der Waals surface area (Å²) in [6.45, 7) is 4.81. The Kier molecular flexibility index (Phi) is 8.83. The van der Waals surface area contributed by atoms with Crippen molar-refractivity contribution < 1.29 is 0 Å². The second kappa shape index (κ2) is 9.97. The Morgan fingerprint density at radius 1 is 0.529 bits per heavy atom. The van der Waals surface area contributed by atoms with Gasteiger partial charge in [0.2, 0.25) is 0 Å². The molecule has 2 aliphatic rings. The maximum absolute atomic E-state index is 2.41. The summed E-state index contributed by atoms with van der Waals surface area (Å²) in [6.07, 6.45) is 19.4. The van der Waals surface area contributed by atoms with Crippen LogP contribution in [0.3, 0.4) is 0 Å². The van der Waals surface area contributed by atoms with E-state index in [0.717, 1.165) is 11.8 Å². The molecule has 0 amide bonds. The predicted molar refractivity (Wildman–Crippen MR) is 78.3 cm³/mol. The lowest BCUT2D eigenvalue weighted by Gasteiger charge is -2.20. The number of hydrogen-bond acceptors (Lipinski definition) is 0. The first-order chi connectivity index (χ1) is 8.30. The summed E-state index contributed by atoms with van der Waals surface area (Å²) >= 11 is 0. The molecule has 0 spiro atoms. The molecule has 0 bridgehead atoms.